The molecule has 0 saturated carbocycles. The van der Waals surface area contributed by atoms with E-state index in [2.05, 4.69) is 25.7 Å². The number of aromatic carboxylic acids is 1. The molecule has 0 amide bonds. The first-order chi connectivity index (χ1) is 12.3. The molecule has 0 radical (unpaired) electrons. The molecule has 2 aromatic heterocycles. The Labute approximate surface area is 156 Å². The van der Waals surface area contributed by atoms with Gasteiger partial charge in [0.2, 0.25) is 5.76 Å². The van der Waals surface area contributed by atoms with Gasteiger partial charge in [-0.3, -0.25) is 0 Å². The SMILES string of the molecule is CC(C)(C)c1cc(N2CCOCC2)nc(SCc2ccc(C(=O)O)o2)n1. The third kappa shape index (κ3) is 4.56. The molecule has 1 saturated heterocycles. The van der Waals surface area contributed by atoms with Crippen LogP contribution in [0.1, 0.15) is 42.8 Å². The molecule has 3 rings (SSSR count). The highest BCUT2D eigenvalue weighted by molar-refractivity contribution is 7.98. The van der Waals surface area contributed by atoms with Crippen LogP contribution in [-0.4, -0.2) is 47.3 Å². The van der Waals surface area contributed by atoms with Crippen LogP contribution in [0.3, 0.4) is 0 Å². The molecule has 8 heteroatoms. The minimum absolute atomic E-state index is 0.0565. The van der Waals surface area contributed by atoms with E-state index < -0.39 is 5.97 Å². The van der Waals surface area contributed by atoms with Crippen LogP contribution in [0.15, 0.2) is 27.8 Å². The van der Waals surface area contributed by atoms with Crippen LogP contribution in [0.4, 0.5) is 5.82 Å². The number of thioether (sulfide) groups is 1. The number of aromatic nitrogens is 2. The Kier molecular flexibility index (Phi) is 5.52. The standard InChI is InChI=1S/C18H23N3O4S/c1-18(2,3)14-10-15(21-6-8-24-9-7-21)20-17(19-14)26-11-12-4-5-13(25-12)16(22)23/h4-5,10H,6-9,11H2,1-3H3,(H,22,23). The zero-order valence-corrected chi connectivity index (χ0v) is 16.0. The second-order valence-electron chi connectivity index (χ2n) is 7.10. The van der Waals surface area contributed by atoms with E-state index in [0.717, 1.165) is 24.6 Å². The third-order valence-electron chi connectivity index (χ3n) is 4.01. The van der Waals surface area contributed by atoms with Crippen LogP contribution in [0, 0.1) is 0 Å². The number of anilines is 1. The molecule has 0 atom stereocenters. The average molecular weight is 377 g/mol. The van der Waals surface area contributed by atoms with Gasteiger partial charge in [-0.05, 0) is 12.1 Å². The second kappa shape index (κ2) is 7.67. The summed E-state index contributed by atoms with van der Waals surface area (Å²) in [5.41, 5.74) is 0.877. The van der Waals surface area contributed by atoms with E-state index >= 15 is 0 Å². The van der Waals surface area contributed by atoms with Gasteiger partial charge in [0.25, 0.3) is 0 Å². The quantitative estimate of drug-likeness (QED) is 0.628. The minimum atomic E-state index is -1.07. The zero-order chi connectivity index (χ0) is 18.7. The van der Waals surface area contributed by atoms with Crippen LogP contribution < -0.4 is 4.90 Å². The Morgan fingerprint density at radius 1 is 1.27 bits per heavy atom. The molecule has 0 spiro atoms. The first-order valence-electron chi connectivity index (χ1n) is 8.50. The summed E-state index contributed by atoms with van der Waals surface area (Å²) in [7, 11) is 0. The number of morpholine rings is 1. The Bertz CT molecular complexity index is 779. The molecular formula is C18H23N3O4S. The topological polar surface area (TPSA) is 88.7 Å². The molecule has 1 aliphatic heterocycles. The lowest BCUT2D eigenvalue weighted by molar-refractivity contribution is 0.0661. The first-order valence-corrected chi connectivity index (χ1v) is 9.48. The summed E-state index contributed by atoms with van der Waals surface area (Å²) in [6, 6.07) is 5.18. The van der Waals surface area contributed by atoms with Crippen molar-refractivity contribution in [3.05, 3.63) is 35.4 Å². The largest absolute Gasteiger partial charge is 0.475 e. The van der Waals surface area contributed by atoms with Crippen LogP contribution in [0.2, 0.25) is 0 Å². The van der Waals surface area contributed by atoms with E-state index in [1.165, 1.54) is 17.8 Å². The normalized spacial score (nSPS) is 15.3. The summed E-state index contributed by atoms with van der Waals surface area (Å²) in [5.74, 6) is 0.843. The van der Waals surface area contributed by atoms with Crippen molar-refractivity contribution in [2.24, 2.45) is 0 Å². The van der Waals surface area contributed by atoms with Crippen LogP contribution in [-0.2, 0) is 15.9 Å². The van der Waals surface area contributed by atoms with E-state index in [4.69, 9.17) is 24.2 Å². The van der Waals surface area contributed by atoms with Gasteiger partial charge in [0.1, 0.15) is 11.6 Å². The number of furan rings is 1. The van der Waals surface area contributed by atoms with Crippen molar-refractivity contribution in [2.45, 2.75) is 37.1 Å². The highest BCUT2D eigenvalue weighted by Crippen LogP contribution is 2.29. The lowest BCUT2D eigenvalue weighted by Gasteiger charge is -2.29. The highest BCUT2D eigenvalue weighted by Gasteiger charge is 2.21. The number of carboxylic acid groups (broad SMARTS) is 1. The summed E-state index contributed by atoms with van der Waals surface area (Å²) in [6.45, 7) is 9.38. The van der Waals surface area contributed by atoms with Crippen molar-refractivity contribution in [2.75, 3.05) is 31.2 Å². The molecule has 1 N–H and O–H groups in total. The van der Waals surface area contributed by atoms with Crippen molar-refractivity contribution in [1.29, 1.82) is 0 Å². The fourth-order valence-corrected chi connectivity index (χ4v) is 3.27. The van der Waals surface area contributed by atoms with E-state index in [-0.39, 0.29) is 11.2 Å². The van der Waals surface area contributed by atoms with Gasteiger partial charge >= 0.3 is 5.97 Å². The van der Waals surface area contributed by atoms with E-state index in [9.17, 15) is 4.79 Å². The van der Waals surface area contributed by atoms with Gasteiger partial charge in [-0.1, -0.05) is 32.5 Å². The fourth-order valence-electron chi connectivity index (χ4n) is 2.52. The predicted molar refractivity (Wildman–Crippen MR) is 99.0 cm³/mol. The van der Waals surface area contributed by atoms with Gasteiger partial charge in [0.15, 0.2) is 5.16 Å². The summed E-state index contributed by atoms with van der Waals surface area (Å²) in [4.78, 5) is 22.5. The average Bonchev–Trinajstić information content (AvgIpc) is 3.09. The molecule has 3 heterocycles. The molecule has 1 fully saturated rings. The Hall–Kier alpha value is -2.06. The number of ether oxygens (including phenoxy) is 1. The molecule has 2 aromatic rings. The molecular weight excluding hydrogens is 354 g/mol. The van der Waals surface area contributed by atoms with E-state index in [1.807, 2.05) is 6.07 Å². The predicted octanol–water partition coefficient (Wildman–Crippen LogP) is 3.19. The van der Waals surface area contributed by atoms with Crippen molar-refractivity contribution < 1.29 is 19.1 Å². The monoisotopic (exact) mass is 377 g/mol. The third-order valence-corrected chi connectivity index (χ3v) is 4.88. The van der Waals surface area contributed by atoms with Crippen molar-refractivity contribution in [1.82, 2.24) is 9.97 Å². The van der Waals surface area contributed by atoms with Crippen LogP contribution in [0.5, 0.6) is 0 Å². The van der Waals surface area contributed by atoms with Gasteiger partial charge in [-0.2, -0.15) is 0 Å². The molecule has 1 aliphatic rings. The lowest BCUT2D eigenvalue weighted by Crippen LogP contribution is -2.37. The minimum Gasteiger partial charge on any atom is -0.475 e. The van der Waals surface area contributed by atoms with Crippen molar-refractivity contribution in [3.8, 4) is 0 Å². The van der Waals surface area contributed by atoms with E-state index in [0.29, 0.717) is 29.9 Å². The number of hydrogen-bond donors (Lipinski definition) is 1. The van der Waals surface area contributed by atoms with Crippen LogP contribution in [0.25, 0.3) is 0 Å². The number of rotatable bonds is 5. The summed E-state index contributed by atoms with van der Waals surface area (Å²) >= 11 is 1.44. The Morgan fingerprint density at radius 3 is 2.62 bits per heavy atom. The molecule has 0 aromatic carbocycles. The molecule has 0 aliphatic carbocycles. The molecule has 140 valence electrons. The fraction of sp³-hybridized carbons (Fsp3) is 0.500. The van der Waals surface area contributed by atoms with Crippen LogP contribution >= 0.6 is 11.8 Å². The first kappa shape index (κ1) is 18.7. The smallest absolute Gasteiger partial charge is 0.371 e. The molecule has 0 unspecified atom stereocenters. The van der Waals surface area contributed by atoms with Gasteiger partial charge in [0, 0.05) is 24.6 Å². The van der Waals surface area contributed by atoms with E-state index in [1.54, 1.807) is 6.07 Å². The van der Waals surface area contributed by atoms with Gasteiger partial charge < -0.3 is 19.2 Å². The number of nitrogens with zero attached hydrogens (tertiary/aromatic N) is 3. The molecule has 7 nitrogen and oxygen atoms in total. The summed E-state index contributed by atoms with van der Waals surface area (Å²) in [6.07, 6.45) is 0. The second-order valence-corrected chi connectivity index (χ2v) is 8.05. The molecule has 26 heavy (non-hydrogen) atoms. The van der Waals surface area contributed by atoms with Gasteiger partial charge in [-0.15, -0.1) is 0 Å². The molecule has 0 bridgehead atoms. The van der Waals surface area contributed by atoms with Crippen molar-refractivity contribution >= 4 is 23.5 Å². The van der Waals surface area contributed by atoms with Crippen molar-refractivity contribution in [3.63, 3.8) is 0 Å². The maximum Gasteiger partial charge on any atom is 0.371 e. The Morgan fingerprint density at radius 2 is 2.00 bits per heavy atom. The Balaban J connectivity index is 1.81. The highest BCUT2D eigenvalue weighted by atomic mass is 32.2. The zero-order valence-electron chi connectivity index (χ0n) is 15.2. The van der Waals surface area contributed by atoms with Gasteiger partial charge in [0.05, 0.1) is 24.7 Å². The summed E-state index contributed by atoms with van der Waals surface area (Å²) < 4.78 is 10.7. The maximum absolute atomic E-state index is 10.9. The lowest BCUT2D eigenvalue weighted by atomic mass is 9.92. The number of carbonyl (C=O) groups is 1. The maximum atomic E-state index is 10.9. The summed E-state index contributed by atoms with van der Waals surface area (Å²) in [5, 5.41) is 9.61. The van der Waals surface area contributed by atoms with Gasteiger partial charge in [-0.25, -0.2) is 14.8 Å². The number of hydrogen-bond acceptors (Lipinski definition) is 7. The number of carboxylic acids is 1.